The summed E-state index contributed by atoms with van der Waals surface area (Å²) in [4.78, 5) is 0.349. The van der Waals surface area contributed by atoms with Gasteiger partial charge in [-0.05, 0) is 18.6 Å². The lowest BCUT2D eigenvalue weighted by atomic mass is 10.3. The second kappa shape index (κ2) is 5.82. The maximum Gasteiger partial charge on any atom is 0.198 e. The fourth-order valence-electron chi connectivity index (χ4n) is 1.81. The summed E-state index contributed by atoms with van der Waals surface area (Å²) in [5.41, 5.74) is 0. The van der Waals surface area contributed by atoms with Crippen molar-refractivity contribution in [1.29, 1.82) is 0 Å². The number of nitrogens with one attached hydrogen (secondary N) is 1. The Bertz CT molecular complexity index is 472. The zero-order valence-corrected chi connectivity index (χ0v) is 11.3. The van der Waals surface area contributed by atoms with E-state index in [1.165, 1.54) is 0 Å². The lowest BCUT2D eigenvalue weighted by molar-refractivity contribution is 0.111. The minimum Gasteiger partial charge on any atom is -0.361 e. The number of unbranched alkanes of at least 4 members (excludes halogenated alkanes) is 2. The van der Waals surface area contributed by atoms with E-state index in [1.54, 1.807) is 30.3 Å². The van der Waals surface area contributed by atoms with E-state index in [2.05, 4.69) is 12.2 Å². The molecule has 0 bridgehead atoms. The standard InChI is InChI=1S/C13H19NO3S/c1-2-3-7-10-17-12-13(14-12)18(15,16)11-8-5-4-6-9-11/h4-6,8-9,12-14H,2-3,7,10H2,1H3. The van der Waals surface area contributed by atoms with Crippen molar-refractivity contribution >= 4 is 9.84 Å². The van der Waals surface area contributed by atoms with Gasteiger partial charge in [-0.3, -0.25) is 5.32 Å². The molecule has 2 rings (SSSR count). The number of hydrogen-bond acceptors (Lipinski definition) is 4. The van der Waals surface area contributed by atoms with Gasteiger partial charge in [-0.25, -0.2) is 8.42 Å². The molecule has 1 aliphatic heterocycles. The third-order valence-electron chi connectivity index (χ3n) is 2.95. The molecule has 18 heavy (non-hydrogen) atoms. The molecule has 0 spiro atoms. The average molecular weight is 269 g/mol. The molecular weight excluding hydrogens is 250 g/mol. The Morgan fingerprint density at radius 3 is 2.61 bits per heavy atom. The molecule has 0 amide bonds. The normalized spacial score (nSPS) is 22.9. The number of sulfone groups is 1. The summed E-state index contributed by atoms with van der Waals surface area (Å²) in [6.45, 7) is 2.74. The summed E-state index contributed by atoms with van der Waals surface area (Å²) in [5, 5.41) is 2.29. The fraction of sp³-hybridized carbons (Fsp3) is 0.538. The second-order valence-corrected chi connectivity index (χ2v) is 6.51. The molecule has 2 unspecified atom stereocenters. The van der Waals surface area contributed by atoms with Crippen molar-refractivity contribution in [3.63, 3.8) is 0 Å². The Morgan fingerprint density at radius 1 is 1.22 bits per heavy atom. The van der Waals surface area contributed by atoms with Crippen molar-refractivity contribution < 1.29 is 13.2 Å². The van der Waals surface area contributed by atoms with Crippen molar-refractivity contribution in [3.8, 4) is 0 Å². The van der Waals surface area contributed by atoms with Crippen LogP contribution in [0.3, 0.4) is 0 Å². The predicted octanol–water partition coefficient (Wildman–Crippen LogP) is 1.92. The van der Waals surface area contributed by atoms with Crippen LogP contribution in [-0.4, -0.2) is 26.6 Å². The van der Waals surface area contributed by atoms with E-state index in [1.807, 2.05) is 0 Å². The zero-order chi connectivity index (χ0) is 13.0. The lowest BCUT2D eigenvalue weighted by Crippen LogP contribution is -2.13. The van der Waals surface area contributed by atoms with E-state index in [0.29, 0.717) is 11.5 Å². The Hall–Kier alpha value is -0.910. The Labute approximate surface area is 108 Å². The molecule has 5 heteroatoms. The molecule has 0 radical (unpaired) electrons. The van der Waals surface area contributed by atoms with Crippen LogP contribution in [-0.2, 0) is 14.6 Å². The highest BCUT2D eigenvalue weighted by Gasteiger charge is 2.48. The predicted molar refractivity (Wildman–Crippen MR) is 69.8 cm³/mol. The van der Waals surface area contributed by atoms with E-state index >= 15 is 0 Å². The molecule has 2 atom stereocenters. The maximum absolute atomic E-state index is 12.2. The molecule has 0 saturated carbocycles. The van der Waals surface area contributed by atoms with E-state index in [-0.39, 0.29) is 6.23 Å². The minimum absolute atomic E-state index is 0.341. The topological polar surface area (TPSA) is 65.3 Å². The summed E-state index contributed by atoms with van der Waals surface area (Å²) in [7, 11) is -3.29. The third-order valence-corrected chi connectivity index (χ3v) is 4.93. The summed E-state index contributed by atoms with van der Waals surface area (Å²) in [6, 6.07) is 8.49. The molecule has 1 N–H and O–H groups in total. The van der Waals surface area contributed by atoms with E-state index in [9.17, 15) is 8.42 Å². The van der Waals surface area contributed by atoms with Crippen molar-refractivity contribution in [2.75, 3.05) is 6.61 Å². The molecule has 0 aliphatic carbocycles. The van der Waals surface area contributed by atoms with Gasteiger partial charge in [0.05, 0.1) is 4.90 Å². The number of benzene rings is 1. The Kier molecular flexibility index (Phi) is 4.37. The first-order valence-corrected chi connectivity index (χ1v) is 7.87. The van der Waals surface area contributed by atoms with Crippen molar-refractivity contribution in [1.82, 2.24) is 5.32 Å². The maximum atomic E-state index is 12.2. The summed E-state index contributed by atoms with van der Waals surface area (Å²) >= 11 is 0. The van der Waals surface area contributed by atoms with Crippen LogP contribution < -0.4 is 5.32 Å². The van der Waals surface area contributed by atoms with E-state index in [4.69, 9.17) is 4.74 Å². The van der Waals surface area contributed by atoms with Gasteiger partial charge in [-0.1, -0.05) is 38.0 Å². The highest BCUT2D eigenvalue weighted by atomic mass is 32.2. The molecule has 0 aromatic heterocycles. The number of ether oxygens (including phenoxy) is 1. The second-order valence-electron chi connectivity index (χ2n) is 4.44. The molecule has 1 aliphatic rings. The highest BCUT2D eigenvalue weighted by Crippen LogP contribution is 2.25. The van der Waals surface area contributed by atoms with E-state index in [0.717, 1.165) is 19.3 Å². The first-order chi connectivity index (χ1) is 8.66. The molecule has 1 aromatic carbocycles. The quantitative estimate of drug-likeness (QED) is 0.606. The van der Waals surface area contributed by atoms with Gasteiger partial charge in [0, 0.05) is 6.61 Å². The monoisotopic (exact) mass is 269 g/mol. The van der Waals surface area contributed by atoms with Gasteiger partial charge in [0.2, 0.25) is 0 Å². The Balaban J connectivity index is 1.87. The smallest absolute Gasteiger partial charge is 0.198 e. The lowest BCUT2D eigenvalue weighted by Gasteiger charge is -2.03. The van der Waals surface area contributed by atoms with Gasteiger partial charge in [0.15, 0.2) is 15.2 Å². The first kappa shape index (κ1) is 13.5. The number of hydrogen-bond donors (Lipinski definition) is 1. The van der Waals surface area contributed by atoms with Crippen LogP contribution in [0, 0.1) is 0 Å². The van der Waals surface area contributed by atoms with Gasteiger partial charge in [0.25, 0.3) is 0 Å². The van der Waals surface area contributed by atoms with Crippen LogP contribution in [0.15, 0.2) is 35.2 Å². The molecule has 1 aromatic rings. The summed E-state index contributed by atoms with van der Waals surface area (Å²) in [6.07, 6.45) is 2.88. The highest BCUT2D eigenvalue weighted by molar-refractivity contribution is 7.92. The number of rotatable bonds is 7. The first-order valence-electron chi connectivity index (χ1n) is 6.33. The molecule has 4 nitrogen and oxygen atoms in total. The van der Waals surface area contributed by atoms with Crippen LogP contribution >= 0.6 is 0 Å². The van der Waals surface area contributed by atoms with Gasteiger partial charge in [-0.15, -0.1) is 0 Å². The SMILES string of the molecule is CCCCCOC1NC1S(=O)(=O)c1ccccc1. The minimum atomic E-state index is -3.29. The third kappa shape index (κ3) is 3.10. The average Bonchev–Trinajstić information content (AvgIpc) is 3.16. The van der Waals surface area contributed by atoms with Gasteiger partial charge in [-0.2, -0.15) is 0 Å². The van der Waals surface area contributed by atoms with Crippen molar-refractivity contribution in [2.45, 2.75) is 42.7 Å². The van der Waals surface area contributed by atoms with Gasteiger partial charge < -0.3 is 4.74 Å². The van der Waals surface area contributed by atoms with Crippen LogP contribution in [0.2, 0.25) is 0 Å². The zero-order valence-electron chi connectivity index (χ0n) is 10.5. The van der Waals surface area contributed by atoms with Crippen LogP contribution in [0.4, 0.5) is 0 Å². The van der Waals surface area contributed by atoms with Crippen LogP contribution in [0.25, 0.3) is 0 Å². The van der Waals surface area contributed by atoms with Gasteiger partial charge in [0.1, 0.15) is 6.23 Å². The van der Waals surface area contributed by atoms with Crippen molar-refractivity contribution in [3.05, 3.63) is 30.3 Å². The molecule has 1 saturated heterocycles. The Morgan fingerprint density at radius 2 is 1.94 bits per heavy atom. The molecule has 1 heterocycles. The van der Waals surface area contributed by atoms with Crippen molar-refractivity contribution in [2.24, 2.45) is 0 Å². The molecule has 100 valence electrons. The largest absolute Gasteiger partial charge is 0.361 e. The molecule has 1 fully saturated rings. The van der Waals surface area contributed by atoms with Crippen LogP contribution in [0.5, 0.6) is 0 Å². The van der Waals surface area contributed by atoms with Crippen LogP contribution in [0.1, 0.15) is 26.2 Å². The summed E-state index contributed by atoms with van der Waals surface area (Å²) in [5.74, 6) is 0. The fourth-order valence-corrected chi connectivity index (χ4v) is 3.36. The summed E-state index contributed by atoms with van der Waals surface area (Å²) < 4.78 is 29.8. The van der Waals surface area contributed by atoms with Gasteiger partial charge >= 0.3 is 0 Å². The molecular formula is C13H19NO3S. The van der Waals surface area contributed by atoms with E-state index < -0.39 is 15.2 Å².